The number of fused-ring (bicyclic) bond motifs is 1. The minimum atomic E-state index is -0.309. The van der Waals surface area contributed by atoms with Gasteiger partial charge in [-0.2, -0.15) is 0 Å². The lowest BCUT2D eigenvalue weighted by atomic mass is 10.1. The van der Waals surface area contributed by atoms with E-state index < -0.39 is 0 Å². The van der Waals surface area contributed by atoms with Gasteiger partial charge in [0.1, 0.15) is 11.6 Å². The van der Waals surface area contributed by atoms with Crippen molar-refractivity contribution in [3.05, 3.63) is 71.9 Å². The Morgan fingerprint density at radius 1 is 1.11 bits per heavy atom. The van der Waals surface area contributed by atoms with E-state index in [0.29, 0.717) is 12.2 Å². The van der Waals surface area contributed by atoms with E-state index in [1.54, 1.807) is 12.1 Å². The fraction of sp³-hybridized carbons (Fsp3) is 0.238. The molecule has 2 heterocycles. The molecule has 0 spiro atoms. The van der Waals surface area contributed by atoms with Gasteiger partial charge in [0.05, 0.1) is 11.4 Å². The number of nitrogens with one attached hydrogen (secondary N) is 2. The summed E-state index contributed by atoms with van der Waals surface area (Å²) in [6, 6.07) is 13.4. The molecule has 2 N–H and O–H groups in total. The number of nitrogens with zero attached hydrogens (tertiary/aromatic N) is 2. The van der Waals surface area contributed by atoms with Crippen LogP contribution in [-0.2, 0) is 19.5 Å². The maximum absolute atomic E-state index is 13.0. The van der Waals surface area contributed by atoms with E-state index in [9.17, 15) is 9.18 Å². The van der Waals surface area contributed by atoms with Crippen molar-refractivity contribution in [1.29, 1.82) is 0 Å². The highest BCUT2D eigenvalue weighted by atomic mass is 19.1. The first kappa shape index (κ1) is 17.3. The lowest BCUT2D eigenvalue weighted by Crippen LogP contribution is -2.28. The van der Waals surface area contributed by atoms with Crippen molar-refractivity contribution in [2.75, 3.05) is 5.32 Å². The van der Waals surface area contributed by atoms with Gasteiger partial charge in [0.2, 0.25) is 0 Å². The Morgan fingerprint density at radius 3 is 2.74 bits per heavy atom. The molecule has 0 bridgehead atoms. The van der Waals surface area contributed by atoms with Crippen LogP contribution in [0.4, 0.5) is 14.9 Å². The van der Waals surface area contributed by atoms with Crippen LogP contribution in [0.25, 0.3) is 11.3 Å². The summed E-state index contributed by atoms with van der Waals surface area (Å²) < 4.78 is 15.2. The highest BCUT2D eigenvalue weighted by Crippen LogP contribution is 2.28. The molecule has 0 aliphatic carbocycles. The third-order valence-electron chi connectivity index (χ3n) is 4.73. The average molecular weight is 364 g/mol. The minimum Gasteiger partial charge on any atom is -0.334 e. The van der Waals surface area contributed by atoms with Gasteiger partial charge in [-0.1, -0.05) is 30.3 Å². The van der Waals surface area contributed by atoms with E-state index in [1.165, 1.54) is 25.0 Å². The fourth-order valence-electron chi connectivity index (χ4n) is 3.31. The Kier molecular flexibility index (Phi) is 4.87. The number of imidazole rings is 1. The van der Waals surface area contributed by atoms with Crippen LogP contribution in [-0.4, -0.2) is 15.6 Å². The summed E-state index contributed by atoms with van der Waals surface area (Å²) in [4.78, 5) is 17.1. The molecule has 138 valence electrons. The highest BCUT2D eigenvalue weighted by molar-refractivity contribution is 5.93. The predicted octanol–water partition coefficient (Wildman–Crippen LogP) is 4.35. The smallest absolute Gasteiger partial charge is 0.319 e. The average Bonchev–Trinajstić information content (AvgIpc) is 3.12. The van der Waals surface area contributed by atoms with Crippen molar-refractivity contribution >= 4 is 11.7 Å². The molecule has 2 amide bonds. The Morgan fingerprint density at radius 2 is 1.93 bits per heavy atom. The maximum Gasteiger partial charge on any atom is 0.319 e. The molecule has 1 aromatic heterocycles. The van der Waals surface area contributed by atoms with Crippen molar-refractivity contribution in [3.8, 4) is 11.3 Å². The molecule has 27 heavy (non-hydrogen) atoms. The molecular weight excluding hydrogens is 343 g/mol. The molecule has 5 nitrogen and oxygen atoms in total. The Bertz CT molecular complexity index is 926. The zero-order valence-corrected chi connectivity index (χ0v) is 14.9. The lowest BCUT2D eigenvalue weighted by molar-refractivity contribution is 0.252. The van der Waals surface area contributed by atoms with Crippen molar-refractivity contribution in [2.45, 2.75) is 32.4 Å². The number of anilines is 1. The van der Waals surface area contributed by atoms with Gasteiger partial charge in [0.25, 0.3) is 0 Å². The number of hydrogen-bond acceptors (Lipinski definition) is 2. The molecule has 0 saturated carbocycles. The number of carbonyl (C=O) groups excluding carboxylic acids is 1. The summed E-state index contributed by atoms with van der Waals surface area (Å²) in [7, 11) is 0. The molecule has 0 saturated heterocycles. The molecule has 0 atom stereocenters. The second-order valence-electron chi connectivity index (χ2n) is 6.67. The van der Waals surface area contributed by atoms with Gasteiger partial charge in [-0.3, -0.25) is 0 Å². The maximum atomic E-state index is 13.0. The normalized spacial score (nSPS) is 13.1. The number of rotatable bonds is 4. The van der Waals surface area contributed by atoms with Crippen LogP contribution in [0.1, 0.15) is 24.2 Å². The molecule has 0 unspecified atom stereocenters. The van der Waals surface area contributed by atoms with Crippen molar-refractivity contribution in [2.24, 2.45) is 0 Å². The second-order valence-corrected chi connectivity index (χ2v) is 6.67. The predicted molar refractivity (Wildman–Crippen MR) is 103 cm³/mol. The van der Waals surface area contributed by atoms with Gasteiger partial charge < -0.3 is 15.2 Å². The summed E-state index contributed by atoms with van der Waals surface area (Å²) >= 11 is 0. The summed E-state index contributed by atoms with van der Waals surface area (Å²) in [5.74, 6) is 0.812. The number of aromatic nitrogens is 2. The first-order valence-electron chi connectivity index (χ1n) is 9.14. The topological polar surface area (TPSA) is 59.0 Å². The van der Waals surface area contributed by atoms with Gasteiger partial charge in [-0.25, -0.2) is 14.2 Å². The van der Waals surface area contributed by atoms with Gasteiger partial charge >= 0.3 is 6.03 Å². The third kappa shape index (κ3) is 4.00. The molecule has 3 aromatic rings. The number of halogens is 1. The SMILES string of the molecule is O=C(NCc1ccc(F)cc1)Nc1ccccc1-c1cn2c(n1)CCCC2. The molecule has 4 rings (SSSR count). The molecule has 0 fully saturated rings. The van der Waals surface area contributed by atoms with Crippen LogP contribution in [0.3, 0.4) is 0 Å². The van der Waals surface area contributed by atoms with Crippen LogP contribution < -0.4 is 10.6 Å². The van der Waals surface area contributed by atoms with Gasteiger partial charge in [0, 0.05) is 31.3 Å². The molecular formula is C21H21FN4O. The van der Waals surface area contributed by atoms with E-state index in [2.05, 4.69) is 21.4 Å². The van der Waals surface area contributed by atoms with E-state index in [1.807, 2.05) is 24.3 Å². The second kappa shape index (κ2) is 7.61. The fourth-order valence-corrected chi connectivity index (χ4v) is 3.31. The van der Waals surface area contributed by atoms with Crippen molar-refractivity contribution in [3.63, 3.8) is 0 Å². The molecule has 2 aromatic carbocycles. The minimum absolute atomic E-state index is 0.292. The Balaban J connectivity index is 1.47. The zero-order chi connectivity index (χ0) is 18.6. The molecule has 6 heteroatoms. The van der Waals surface area contributed by atoms with Crippen LogP contribution in [0.5, 0.6) is 0 Å². The van der Waals surface area contributed by atoms with Crippen molar-refractivity contribution in [1.82, 2.24) is 14.9 Å². The van der Waals surface area contributed by atoms with Crippen LogP contribution in [0.15, 0.2) is 54.7 Å². The number of para-hydroxylation sites is 1. The van der Waals surface area contributed by atoms with Crippen molar-refractivity contribution < 1.29 is 9.18 Å². The number of aryl methyl sites for hydroxylation is 2. The van der Waals surface area contributed by atoms with E-state index >= 15 is 0 Å². The largest absolute Gasteiger partial charge is 0.334 e. The molecule has 1 aliphatic heterocycles. The summed E-state index contributed by atoms with van der Waals surface area (Å²) in [6.07, 6.45) is 5.40. The first-order valence-corrected chi connectivity index (χ1v) is 9.14. The first-order chi connectivity index (χ1) is 13.2. The zero-order valence-electron chi connectivity index (χ0n) is 14.9. The monoisotopic (exact) mass is 364 g/mol. The van der Waals surface area contributed by atoms with E-state index in [4.69, 9.17) is 4.98 Å². The van der Waals surface area contributed by atoms with Gasteiger partial charge in [0.15, 0.2) is 0 Å². The van der Waals surface area contributed by atoms with Gasteiger partial charge in [-0.15, -0.1) is 0 Å². The number of hydrogen-bond donors (Lipinski definition) is 2. The Labute approximate surface area is 157 Å². The number of urea groups is 1. The Hall–Kier alpha value is -3.15. The third-order valence-corrected chi connectivity index (χ3v) is 4.73. The summed E-state index contributed by atoms with van der Waals surface area (Å²) in [6.45, 7) is 1.32. The number of benzene rings is 2. The van der Waals surface area contributed by atoms with E-state index in [-0.39, 0.29) is 11.8 Å². The standard InChI is InChI=1S/C21H21FN4O/c22-16-10-8-15(9-11-16)13-23-21(27)25-18-6-2-1-5-17(18)19-14-26-12-4-3-7-20(26)24-19/h1-2,5-6,8-11,14H,3-4,7,12-13H2,(H2,23,25,27). The van der Waals surface area contributed by atoms with Gasteiger partial charge in [-0.05, 0) is 36.6 Å². The number of amides is 2. The summed E-state index contributed by atoms with van der Waals surface area (Å²) in [5.41, 5.74) is 3.32. The van der Waals surface area contributed by atoms with Crippen LogP contribution in [0, 0.1) is 5.82 Å². The quantitative estimate of drug-likeness (QED) is 0.723. The number of carbonyl (C=O) groups is 1. The van der Waals surface area contributed by atoms with Crippen LogP contribution >= 0.6 is 0 Å². The molecule has 0 radical (unpaired) electrons. The van der Waals surface area contributed by atoms with E-state index in [0.717, 1.165) is 35.6 Å². The summed E-state index contributed by atoms with van der Waals surface area (Å²) in [5, 5.41) is 5.69. The molecule has 1 aliphatic rings. The highest BCUT2D eigenvalue weighted by Gasteiger charge is 2.16. The lowest BCUT2D eigenvalue weighted by Gasteiger charge is -2.11. The van der Waals surface area contributed by atoms with Crippen LogP contribution in [0.2, 0.25) is 0 Å².